The lowest BCUT2D eigenvalue weighted by Crippen LogP contribution is -2.12. The smallest absolute Gasteiger partial charge is 0.257 e. The maximum Gasteiger partial charge on any atom is 0.257 e. The second-order valence-corrected chi connectivity index (χ2v) is 4.42. The summed E-state index contributed by atoms with van der Waals surface area (Å²) in [6.07, 6.45) is 1.38. The second-order valence-electron chi connectivity index (χ2n) is 3.50. The van der Waals surface area contributed by atoms with E-state index in [0.29, 0.717) is 11.3 Å². The molecule has 88 valence electrons. The third kappa shape index (κ3) is 2.93. The van der Waals surface area contributed by atoms with Crippen LogP contribution < -0.4 is 5.32 Å². The zero-order valence-corrected chi connectivity index (χ0v) is 10.8. The van der Waals surface area contributed by atoms with Crippen LogP contribution >= 0.6 is 15.9 Å². The SMILES string of the molecule is N#Cc1ccc(C(=O)Nc2ccc(Br)cc2)cn1. The van der Waals surface area contributed by atoms with Crippen molar-refractivity contribution in [2.24, 2.45) is 0 Å². The highest BCUT2D eigenvalue weighted by Crippen LogP contribution is 2.15. The van der Waals surface area contributed by atoms with Gasteiger partial charge in [-0.1, -0.05) is 15.9 Å². The topological polar surface area (TPSA) is 65.8 Å². The molecule has 1 aromatic carbocycles. The molecule has 0 aliphatic carbocycles. The maximum absolute atomic E-state index is 11.9. The molecule has 18 heavy (non-hydrogen) atoms. The summed E-state index contributed by atoms with van der Waals surface area (Å²) in [4.78, 5) is 15.7. The van der Waals surface area contributed by atoms with Crippen LogP contribution in [0.25, 0.3) is 0 Å². The first-order valence-corrected chi connectivity index (χ1v) is 5.91. The highest BCUT2D eigenvalue weighted by atomic mass is 79.9. The highest BCUT2D eigenvalue weighted by Gasteiger charge is 2.06. The Morgan fingerprint density at radius 3 is 2.50 bits per heavy atom. The minimum atomic E-state index is -0.255. The van der Waals surface area contributed by atoms with Gasteiger partial charge in [-0.2, -0.15) is 5.26 Å². The molecule has 0 saturated carbocycles. The van der Waals surface area contributed by atoms with Gasteiger partial charge in [-0.3, -0.25) is 4.79 Å². The Kier molecular flexibility index (Phi) is 3.70. The van der Waals surface area contributed by atoms with Crippen molar-refractivity contribution < 1.29 is 4.79 Å². The molecule has 0 fully saturated rings. The van der Waals surface area contributed by atoms with Crippen LogP contribution in [0, 0.1) is 11.3 Å². The van der Waals surface area contributed by atoms with E-state index in [0.717, 1.165) is 4.47 Å². The van der Waals surface area contributed by atoms with Gasteiger partial charge in [0.15, 0.2) is 0 Å². The van der Waals surface area contributed by atoms with E-state index in [9.17, 15) is 4.79 Å². The Balaban J connectivity index is 2.12. The number of rotatable bonds is 2. The summed E-state index contributed by atoms with van der Waals surface area (Å²) in [7, 11) is 0. The molecule has 2 rings (SSSR count). The summed E-state index contributed by atoms with van der Waals surface area (Å²) in [5, 5.41) is 11.4. The summed E-state index contributed by atoms with van der Waals surface area (Å²) in [6, 6.07) is 12.2. The van der Waals surface area contributed by atoms with Crippen LogP contribution in [0.5, 0.6) is 0 Å². The van der Waals surface area contributed by atoms with Gasteiger partial charge in [-0.05, 0) is 36.4 Å². The number of hydrogen-bond acceptors (Lipinski definition) is 3. The number of carbonyl (C=O) groups excluding carboxylic acids is 1. The standard InChI is InChI=1S/C13H8BrN3O/c14-10-2-5-11(6-3-10)17-13(18)9-1-4-12(7-15)16-8-9/h1-6,8H,(H,17,18). The number of nitriles is 1. The summed E-state index contributed by atoms with van der Waals surface area (Å²) in [5.74, 6) is -0.255. The van der Waals surface area contributed by atoms with E-state index < -0.39 is 0 Å². The lowest BCUT2D eigenvalue weighted by atomic mass is 10.2. The van der Waals surface area contributed by atoms with Crippen LogP contribution in [-0.4, -0.2) is 10.9 Å². The van der Waals surface area contributed by atoms with Crippen molar-refractivity contribution >= 4 is 27.5 Å². The number of aromatic nitrogens is 1. The predicted octanol–water partition coefficient (Wildman–Crippen LogP) is 2.97. The van der Waals surface area contributed by atoms with Crippen molar-refractivity contribution in [1.82, 2.24) is 4.98 Å². The molecular weight excluding hydrogens is 294 g/mol. The molecule has 0 atom stereocenters. The normalized spacial score (nSPS) is 9.56. The van der Waals surface area contributed by atoms with Gasteiger partial charge in [0.05, 0.1) is 5.56 Å². The van der Waals surface area contributed by atoms with Gasteiger partial charge in [0.25, 0.3) is 5.91 Å². The van der Waals surface area contributed by atoms with Crippen LogP contribution in [0.3, 0.4) is 0 Å². The third-order valence-corrected chi connectivity index (χ3v) is 2.77. The molecule has 0 saturated heterocycles. The van der Waals surface area contributed by atoms with E-state index in [-0.39, 0.29) is 11.6 Å². The van der Waals surface area contributed by atoms with Crippen LogP contribution in [-0.2, 0) is 0 Å². The van der Waals surface area contributed by atoms with Crippen molar-refractivity contribution in [1.29, 1.82) is 5.26 Å². The number of nitrogens with zero attached hydrogens (tertiary/aromatic N) is 2. The summed E-state index contributed by atoms with van der Waals surface area (Å²) in [6.45, 7) is 0. The average Bonchev–Trinajstić information content (AvgIpc) is 2.41. The minimum Gasteiger partial charge on any atom is -0.322 e. The van der Waals surface area contributed by atoms with Gasteiger partial charge in [0.1, 0.15) is 11.8 Å². The Hall–Kier alpha value is -2.19. The number of hydrogen-bond donors (Lipinski definition) is 1. The molecule has 0 bridgehead atoms. The number of halogens is 1. The van der Waals surface area contributed by atoms with Gasteiger partial charge >= 0.3 is 0 Å². The van der Waals surface area contributed by atoms with Gasteiger partial charge < -0.3 is 5.32 Å². The molecule has 1 heterocycles. The number of carbonyl (C=O) groups is 1. The van der Waals surface area contributed by atoms with Crippen LogP contribution in [0.15, 0.2) is 47.1 Å². The first-order valence-electron chi connectivity index (χ1n) is 5.12. The minimum absolute atomic E-state index is 0.255. The van der Waals surface area contributed by atoms with E-state index in [1.807, 2.05) is 18.2 Å². The quantitative estimate of drug-likeness (QED) is 0.927. The number of benzene rings is 1. The molecule has 0 aliphatic rings. The van der Waals surface area contributed by atoms with Gasteiger partial charge in [0, 0.05) is 16.4 Å². The van der Waals surface area contributed by atoms with E-state index in [2.05, 4.69) is 26.2 Å². The predicted molar refractivity (Wildman–Crippen MR) is 71.0 cm³/mol. The number of amides is 1. The number of nitrogens with one attached hydrogen (secondary N) is 1. The first kappa shape index (κ1) is 12.3. The number of pyridine rings is 1. The maximum atomic E-state index is 11.9. The molecule has 2 aromatic rings. The van der Waals surface area contributed by atoms with E-state index >= 15 is 0 Å². The molecule has 5 heteroatoms. The molecule has 1 N–H and O–H groups in total. The molecule has 0 unspecified atom stereocenters. The molecule has 4 nitrogen and oxygen atoms in total. The van der Waals surface area contributed by atoms with Crippen LogP contribution in [0.2, 0.25) is 0 Å². The van der Waals surface area contributed by atoms with Gasteiger partial charge in [-0.25, -0.2) is 4.98 Å². The molecule has 1 amide bonds. The largest absolute Gasteiger partial charge is 0.322 e. The molecule has 0 radical (unpaired) electrons. The number of anilines is 1. The van der Waals surface area contributed by atoms with Crippen molar-refractivity contribution in [3.05, 3.63) is 58.3 Å². The zero-order chi connectivity index (χ0) is 13.0. The van der Waals surface area contributed by atoms with E-state index in [1.165, 1.54) is 12.3 Å². The lowest BCUT2D eigenvalue weighted by Gasteiger charge is -2.04. The second kappa shape index (κ2) is 5.43. The Morgan fingerprint density at radius 2 is 1.94 bits per heavy atom. The highest BCUT2D eigenvalue weighted by molar-refractivity contribution is 9.10. The van der Waals surface area contributed by atoms with Crippen molar-refractivity contribution in [3.8, 4) is 6.07 Å². The first-order chi connectivity index (χ1) is 8.69. The van der Waals surface area contributed by atoms with Crippen molar-refractivity contribution in [2.75, 3.05) is 5.32 Å². The van der Waals surface area contributed by atoms with Gasteiger partial charge in [-0.15, -0.1) is 0 Å². The monoisotopic (exact) mass is 301 g/mol. The Labute approximate surface area is 112 Å². The molecule has 0 spiro atoms. The molecule has 1 aromatic heterocycles. The van der Waals surface area contributed by atoms with Crippen molar-refractivity contribution in [3.63, 3.8) is 0 Å². The van der Waals surface area contributed by atoms with Crippen molar-refractivity contribution in [2.45, 2.75) is 0 Å². The summed E-state index contributed by atoms with van der Waals surface area (Å²) < 4.78 is 0.945. The fourth-order valence-electron chi connectivity index (χ4n) is 1.33. The fraction of sp³-hybridized carbons (Fsp3) is 0. The molecular formula is C13H8BrN3O. The Morgan fingerprint density at radius 1 is 1.22 bits per heavy atom. The third-order valence-electron chi connectivity index (χ3n) is 2.24. The summed E-state index contributed by atoms with van der Waals surface area (Å²) >= 11 is 3.32. The Bertz CT molecular complexity index is 600. The van der Waals surface area contributed by atoms with Crippen LogP contribution in [0.1, 0.15) is 16.1 Å². The van der Waals surface area contributed by atoms with Crippen LogP contribution in [0.4, 0.5) is 5.69 Å². The summed E-state index contributed by atoms with van der Waals surface area (Å²) in [5.41, 5.74) is 1.40. The average molecular weight is 302 g/mol. The van der Waals surface area contributed by atoms with E-state index in [4.69, 9.17) is 5.26 Å². The fourth-order valence-corrected chi connectivity index (χ4v) is 1.60. The molecule has 0 aliphatic heterocycles. The lowest BCUT2D eigenvalue weighted by molar-refractivity contribution is 0.102. The van der Waals surface area contributed by atoms with E-state index in [1.54, 1.807) is 18.2 Å². The van der Waals surface area contributed by atoms with Gasteiger partial charge in [0.2, 0.25) is 0 Å². The zero-order valence-electron chi connectivity index (χ0n) is 9.22.